The maximum Gasteiger partial charge on any atom is 0.123 e. The van der Waals surface area contributed by atoms with E-state index in [-0.39, 0.29) is 11.9 Å². The molecule has 0 fully saturated rings. The molecule has 2 aromatic carbocycles. The van der Waals surface area contributed by atoms with E-state index in [4.69, 9.17) is 5.84 Å². The molecule has 0 aromatic heterocycles. The third kappa shape index (κ3) is 3.44. The number of hydrazine groups is 1. The third-order valence-electron chi connectivity index (χ3n) is 3.68. The summed E-state index contributed by atoms with van der Waals surface area (Å²) in [6.07, 6.45) is 1.82. The minimum atomic E-state index is -0.214. The molecule has 0 amide bonds. The quantitative estimate of drug-likeness (QED) is 0.646. The topological polar surface area (TPSA) is 38.0 Å². The number of nitrogens with one attached hydrogen (secondary N) is 1. The second-order valence-electron chi connectivity index (χ2n) is 5.09. The summed E-state index contributed by atoms with van der Waals surface area (Å²) in [6, 6.07) is 13.3. The second kappa shape index (κ2) is 6.64. The van der Waals surface area contributed by atoms with Gasteiger partial charge in [-0.25, -0.2) is 4.39 Å². The summed E-state index contributed by atoms with van der Waals surface area (Å²) in [6.45, 7) is 4.05. The van der Waals surface area contributed by atoms with Gasteiger partial charge < -0.3 is 0 Å². The van der Waals surface area contributed by atoms with Crippen molar-refractivity contribution in [1.29, 1.82) is 0 Å². The Kier molecular flexibility index (Phi) is 4.88. The van der Waals surface area contributed by atoms with Crippen LogP contribution in [-0.4, -0.2) is 0 Å². The molecule has 0 saturated heterocycles. The van der Waals surface area contributed by atoms with Gasteiger partial charge in [0.1, 0.15) is 5.82 Å². The number of nitrogens with two attached hydrogens (primary N) is 1. The van der Waals surface area contributed by atoms with Crippen LogP contribution >= 0.6 is 0 Å². The van der Waals surface area contributed by atoms with Crippen LogP contribution in [0.3, 0.4) is 0 Å². The highest BCUT2D eigenvalue weighted by Crippen LogP contribution is 2.22. The van der Waals surface area contributed by atoms with Gasteiger partial charge in [-0.2, -0.15) is 0 Å². The molecule has 2 rings (SSSR count). The van der Waals surface area contributed by atoms with Gasteiger partial charge in [0, 0.05) is 0 Å². The number of hydrogen-bond acceptors (Lipinski definition) is 2. The van der Waals surface area contributed by atoms with E-state index in [1.54, 1.807) is 12.1 Å². The van der Waals surface area contributed by atoms with Gasteiger partial charge in [0.15, 0.2) is 0 Å². The third-order valence-corrected chi connectivity index (χ3v) is 3.68. The van der Waals surface area contributed by atoms with Gasteiger partial charge in [0.05, 0.1) is 6.04 Å². The number of benzene rings is 2. The molecule has 3 N–H and O–H groups in total. The maximum atomic E-state index is 13.2. The van der Waals surface area contributed by atoms with E-state index < -0.39 is 0 Å². The lowest BCUT2D eigenvalue weighted by Gasteiger charge is -2.19. The van der Waals surface area contributed by atoms with Gasteiger partial charge in [-0.15, -0.1) is 0 Å². The van der Waals surface area contributed by atoms with Crippen molar-refractivity contribution < 1.29 is 4.39 Å². The average molecular weight is 272 g/mol. The van der Waals surface area contributed by atoms with Crippen LogP contribution in [0.1, 0.15) is 35.2 Å². The van der Waals surface area contributed by atoms with E-state index >= 15 is 0 Å². The van der Waals surface area contributed by atoms with Crippen LogP contribution in [-0.2, 0) is 12.8 Å². The van der Waals surface area contributed by atoms with E-state index in [1.165, 1.54) is 17.2 Å². The number of hydrogen-bond donors (Lipinski definition) is 2. The van der Waals surface area contributed by atoms with Gasteiger partial charge in [0.2, 0.25) is 0 Å². The van der Waals surface area contributed by atoms with E-state index in [1.807, 2.05) is 6.92 Å². The second-order valence-corrected chi connectivity index (χ2v) is 5.09. The smallest absolute Gasteiger partial charge is 0.123 e. The van der Waals surface area contributed by atoms with Gasteiger partial charge in [-0.05, 0) is 54.2 Å². The molecule has 1 unspecified atom stereocenters. The molecule has 0 aliphatic rings. The normalized spacial score (nSPS) is 12.4. The Bertz CT molecular complexity index is 564. The zero-order chi connectivity index (χ0) is 14.5. The molecule has 0 saturated carbocycles. The van der Waals surface area contributed by atoms with Crippen molar-refractivity contribution in [3.63, 3.8) is 0 Å². The highest BCUT2D eigenvalue weighted by molar-refractivity contribution is 5.32. The predicted molar refractivity (Wildman–Crippen MR) is 80.7 cm³/mol. The Labute approximate surface area is 119 Å². The summed E-state index contributed by atoms with van der Waals surface area (Å²) < 4.78 is 13.2. The molecule has 0 aliphatic carbocycles. The summed E-state index contributed by atoms with van der Waals surface area (Å²) in [5.74, 6) is 5.46. The first kappa shape index (κ1) is 14.7. The fourth-order valence-corrected chi connectivity index (χ4v) is 2.44. The highest BCUT2D eigenvalue weighted by atomic mass is 19.1. The van der Waals surface area contributed by atoms with Gasteiger partial charge in [0.25, 0.3) is 0 Å². The largest absolute Gasteiger partial charge is 0.271 e. The van der Waals surface area contributed by atoms with Gasteiger partial charge in [-0.1, -0.05) is 37.3 Å². The first-order valence-corrected chi connectivity index (χ1v) is 6.94. The van der Waals surface area contributed by atoms with Crippen molar-refractivity contribution in [3.05, 3.63) is 70.5 Å². The number of halogens is 1. The molecular formula is C17H21FN2. The van der Waals surface area contributed by atoms with E-state index in [0.717, 1.165) is 24.0 Å². The van der Waals surface area contributed by atoms with Gasteiger partial charge >= 0.3 is 0 Å². The fourth-order valence-electron chi connectivity index (χ4n) is 2.44. The standard InChI is InChI=1S/C17H21FN2/c1-3-13-4-6-14(7-5-13)11-17(20-19)16-9-8-15(18)10-12(16)2/h4-10,17,20H,3,11,19H2,1-2H3. The molecule has 20 heavy (non-hydrogen) atoms. The summed E-state index contributed by atoms with van der Waals surface area (Å²) in [5, 5.41) is 0. The van der Waals surface area contributed by atoms with Crippen molar-refractivity contribution in [3.8, 4) is 0 Å². The van der Waals surface area contributed by atoms with E-state index in [2.05, 4.69) is 36.6 Å². The van der Waals surface area contributed by atoms with Crippen LogP contribution in [0.15, 0.2) is 42.5 Å². The van der Waals surface area contributed by atoms with Crippen LogP contribution in [0.4, 0.5) is 4.39 Å². The lowest BCUT2D eigenvalue weighted by Crippen LogP contribution is -2.30. The Morgan fingerprint density at radius 2 is 1.75 bits per heavy atom. The highest BCUT2D eigenvalue weighted by Gasteiger charge is 2.13. The van der Waals surface area contributed by atoms with E-state index in [9.17, 15) is 4.39 Å². The van der Waals surface area contributed by atoms with Crippen LogP contribution in [0.25, 0.3) is 0 Å². The minimum Gasteiger partial charge on any atom is -0.271 e. The number of rotatable bonds is 5. The zero-order valence-corrected chi connectivity index (χ0v) is 12.0. The molecular weight excluding hydrogens is 251 g/mol. The molecule has 0 bridgehead atoms. The zero-order valence-electron chi connectivity index (χ0n) is 12.0. The van der Waals surface area contributed by atoms with Crippen LogP contribution in [0.2, 0.25) is 0 Å². The summed E-state index contributed by atoms with van der Waals surface area (Å²) in [4.78, 5) is 0. The Morgan fingerprint density at radius 3 is 2.30 bits per heavy atom. The first-order valence-electron chi connectivity index (χ1n) is 6.94. The summed E-state index contributed by atoms with van der Waals surface area (Å²) in [5.41, 5.74) is 7.32. The maximum absolute atomic E-state index is 13.2. The Morgan fingerprint density at radius 1 is 1.10 bits per heavy atom. The lowest BCUT2D eigenvalue weighted by atomic mass is 9.95. The average Bonchev–Trinajstić information content (AvgIpc) is 2.46. The molecule has 2 nitrogen and oxygen atoms in total. The van der Waals surface area contributed by atoms with Crippen molar-refractivity contribution in [2.45, 2.75) is 32.7 Å². The van der Waals surface area contributed by atoms with E-state index in [0.29, 0.717) is 0 Å². The van der Waals surface area contributed by atoms with Crippen LogP contribution in [0.5, 0.6) is 0 Å². The molecule has 0 heterocycles. The molecule has 0 aliphatic heterocycles. The van der Waals surface area contributed by atoms with Crippen LogP contribution < -0.4 is 11.3 Å². The SMILES string of the molecule is CCc1ccc(CC(NN)c2ccc(F)cc2C)cc1. The molecule has 2 aromatic rings. The summed E-state index contributed by atoms with van der Waals surface area (Å²) >= 11 is 0. The van der Waals surface area contributed by atoms with Crippen molar-refractivity contribution in [2.24, 2.45) is 5.84 Å². The lowest BCUT2D eigenvalue weighted by molar-refractivity contribution is 0.546. The van der Waals surface area contributed by atoms with Gasteiger partial charge in [-0.3, -0.25) is 11.3 Å². The van der Waals surface area contributed by atoms with Crippen molar-refractivity contribution >= 4 is 0 Å². The van der Waals surface area contributed by atoms with Crippen LogP contribution in [0, 0.1) is 12.7 Å². The summed E-state index contributed by atoms with van der Waals surface area (Å²) in [7, 11) is 0. The molecule has 0 radical (unpaired) electrons. The van der Waals surface area contributed by atoms with Crippen molar-refractivity contribution in [1.82, 2.24) is 5.43 Å². The fraction of sp³-hybridized carbons (Fsp3) is 0.294. The predicted octanol–water partition coefficient (Wildman–Crippen LogP) is 3.44. The molecule has 3 heteroatoms. The molecule has 1 atom stereocenters. The monoisotopic (exact) mass is 272 g/mol. The molecule has 0 spiro atoms. The first-order chi connectivity index (χ1) is 9.63. The Hall–Kier alpha value is -1.71. The van der Waals surface area contributed by atoms with Crippen molar-refractivity contribution in [2.75, 3.05) is 0 Å². The Balaban J connectivity index is 2.19. The number of aryl methyl sites for hydroxylation is 2. The molecule has 106 valence electrons. The minimum absolute atomic E-state index is 0.0110.